The summed E-state index contributed by atoms with van der Waals surface area (Å²) in [5, 5.41) is -0.401. The van der Waals surface area contributed by atoms with Gasteiger partial charge >= 0.3 is 0 Å². The lowest BCUT2D eigenvalue weighted by Gasteiger charge is -2.23. The van der Waals surface area contributed by atoms with Crippen LogP contribution in [0.2, 0.25) is 0 Å². The van der Waals surface area contributed by atoms with E-state index in [2.05, 4.69) is 20.7 Å². The van der Waals surface area contributed by atoms with Crippen molar-refractivity contribution in [1.82, 2.24) is 0 Å². The van der Waals surface area contributed by atoms with Crippen LogP contribution in [0.3, 0.4) is 0 Å². The van der Waals surface area contributed by atoms with E-state index in [1.165, 1.54) is 6.07 Å². The summed E-state index contributed by atoms with van der Waals surface area (Å²) < 4.78 is 28.8. The zero-order valence-corrected chi connectivity index (χ0v) is 16.6. The molecule has 1 saturated carbocycles. The van der Waals surface area contributed by atoms with Crippen LogP contribution in [0.5, 0.6) is 0 Å². The first-order chi connectivity index (χ1) is 12.4. The Balaban J connectivity index is 1.85. The lowest BCUT2D eigenvalue weighted by atomic mass is 10.0. The Labute approximate surface area is 162 Å². The Morgan fingerprint density at radius 2 is 1.62 bits per heavy atom. The maximum absolute atomic E-state index is 12.7. The molecule has 0 saturated heterocycles. The SMILES string of the molecule is Nc1ccc(C(=O)c2ccc(Br)cc2)cc1NS(=O)(=O)C1CCCCC1. The van der Waals surface area contributed by atoms with Crippen LogP contribution in [0.1, 0.15) is 48.0 Å². The molecular weight excluding hydrogens is 416 g/mol. The van der Waals surface area contributed by atoms with E-state index in [9.17, 15) is 13.2 Å². The first-order valence-electron chi connectivity index (χ1n) is 8.58. The minimum Gasteiger partial charge on any atom is -0.397 e. The summed E-state index contributed by atoms with van der Waals surface area (Å²) in [7, 11) is -3.52. The maximum Gasteiger partial charge on any atom is 0.235 e. The van der Waals surface area contributed by atoms with Crippen LogP contribution in [-0.4, -0.2) is 19.5 Å². The summed E-state index contributed by atoms with van der Waals surface area (Å²) in [5.74, 6) is -0.185. The molecule has 3 rings (SSSR count). The summed E-state index contributed by atoms with van der Waals surface area (Å²) in [6, 6.07) is 11.7. The number of halogens is 1. The number of anilines is 2. The molecule has 138 valence electrons. The van der Waals surface area contributed by atoms with Gasteiger partial charge in [-0.1, -0.05) is 35.2 Å². The van der Waals surface area contributed by atoms with Crippen LogP contribution in [0, 0.1) is 0 Å². The molecule has 2 aromatic carbocycles. The molecule has 0 radical (unpaired) electrons. The zero-order valence-electron chi connectivity index (χ0n) is 14.2. The van der Waals surface area contributed by atoms with E-state index in [1.807, 2.05) is 0 Å². The fourth-order valence-corrected chi connectivity index (χ4v) is 5.03. The number of rotatable bonds is 5. The molecule has 26 heavy (non-hydrogen) atoms. The summed E-state index contributed by atoms with van der Waals surface area (Å²) in [5.41, 5.74) is 7.42. The number of nitrogens with one attached hydrogen (secondary N) is 1. The molecule has 0 aromatic heterocycles. The van der Waals surface area contributed by atoms with Gasteiger partial charge in [0.15, 0.2) is 5.78 Å². The largest absolute Gasteiger partial charge is 0.397 e. The van der Waals surface area contributed by atoms with E-state index in [0.717, 1.165) is 23.7 Å². The summed E-state index contributed by atoms with van der Waals surface area (Å²) in [6.07, 6.45) is 4.23. The average Bonchev–Trinajstić information content (AvgIpc) is 2.64. The van der Waals surface area contributed by atoms with Gasteiger partial charge in [-0.25, -0.2) is 8.42 Å². The average molecular weight is 437 g/mol. The van der Waals surface area contributed by atoms with Crippen molar-refractivity contribution in [2.24, 2.45) is 0 Å². The highest BCUT2D eigenvalue weighted by atomic mass is 79.9. The molecule has 0 aliphatic heterocycles. The summed E-state index contributed by atoms with van der Waals surface area (Å²) in [4.78, 5) is 12.7. The lowest BCUT2D eigenvalue weighted by Crippen LogP contribution is -2.30. The molecule has 0 atom stereocenters. The molecule has 1 aliphatic carbocycles. The molecule has 0 unspecified atom stereocenters. The molecule has 0 spiro atoms. The number of carbonyl (C=O) groups is 1. The van der Waals surface area contributed by atoms with Crippen molar-refractivity contribution in [3.63, 3.8) is 0 Å². The second kappa shape index (κ2) is 7.80. The van der Waals surface area contributed by atoms with Crippen LogP contribution in [0.4, 0.5) is 11.4 Å². The second-order valence-corrected chi connectivity index (χ2v) is 9.42. The van der Waals surface area contributed by atoms with Crippen molar-refractivity contribution in [2.75, 3.05) is 10.5 Å². The Morgan fingerprint density at radius 3 is 2.27 bits per heavy atom. The number of hydrogen-bond donors (Lipinski definition) is 2. The highest BCUT2D eigenvalue weighted by Crippen LogP contribution is 2.28. The molecule has 7 heteroatoms. The number of benzene rings is 2. The minimum absolute atomic E-state index is 0.185. The number of carbonyl (C=O) groups excluding carboxylic acids is 1. The van der Waals surface area contributed by atoms with Crippen LogP contribution in [-0.2, 0) is 10.0 Å². The van der Waals surface area contributed by atoms with Gasteiger partial charge in [0, 0.05) is 15.6 Å². The fourth-order valence-electron chi connectivity index (χ4n) is 3.17. The number of nitrogens with two attached hydrogens (primary N) is 1. The predicted molar refractivity (Wildman–Crippen MR) is 108 cm³/mol. The molecule has 3 N–H and O–H groups in total. The Kier molecular flexibility index (Phi) is 5.67. The third kappa shape index (κ3) is 4.27. The maximum atomic E-state index is 12.7. The van der Waals surface area contributed by atoms with Crippen molar-refractivity contribution in [3.05, 3.63) is 58.1 Å². The number of hydrogen-bond acceptors (Lipinski definition) is 4. The Morgan fingerprint density at radius 1 is 1.00 bits per heavy atom. The molecule has 0 bridgehead atoms. The monoisotopic (exact) mass is 436 g/mol. The van der Waals surface area contributed by atoms with Gasteiger partial charge in [0.2, 0.25) is 10.0 Å². The highest BCUT2D eigenvalue weighted by molar-refractivity contribution is 9.10. The van der Waals surface area contributed by atoms with E-state index in [4.69, 9.17) is 5.73 Å². The summed E-state index contributed by atoms with van der Waals surface area (Å²) in [6.45, 7) is 0. The Bertz CT molecular complexity index is 905. The smallest absolute Gasteiger partial charge is 0.235 e. The van der Waals surface area contributed by atoms with Crippen molar-refractivity contribution in [1.29, 1.82) is 0 Å². The van der Waals surface area contributed by atoms with Crippen molar-refractivity contribution < 1.29 is 13.2 Å². The molecule has 0 heterocycles. The van der Waals surface area contributed by atoms with E-state index in [0.29, 0.717) is 29.7 Å². The molecule has 1 fully saturated rings. The molecular formula is C19H21BrN2O3S. The van der Waals surface area contributed by atoms with Crippen molar-refractivity contribution >= 4 is 43.1 Å². The van der Waals surface area contributed by atoms with Gasteiger partial charge in [-0.15, -0.1) is 0 Å². The van der Waals surface area contributed by atoms with Crippen LogP contribution >= 0.6 is 15.9 Å². The van der Waals surface area contributed by atoms with Gasteiger partial charge in [0.25, 0.3) is 0 Å². The molecule has 2 aromatic rings. The normalized spacial score (nSPS) is 15.6. The van der Waals surface area contributed by atoms with Gasteiger partial charge in [0.1, 0.15) is 0 Å². The lowest BCUT2D eigenvalue weighted by molar-refractivity contribution is 0.103. The van der Waals surface area contributed by atoms with Gasteiger partial charge in [-0.05, 0) is 55.3 Å². The number of ketones is 1. The van der Waals surface area contributed by atoms with Gasteiger partial charge in [-0.2, -0.15) is 0 Å². The number of sulfonamides is 1. The van der Waals surface area contributed by atoms with E-state index in [-0.39, 0.29) is 11.5 Å². The third-order valence-electron chi connectivity index (χ3n) is 4.67. The topological polar surface area (TPSA) is 89.3 Å². The molecule has 5 nitrogen and oxygen atoms in total. The van der Waals surface area contributed by atoms with Crippen molar-refractivity contribution in [2.45, 2.75) is 37.4 Å². The Hall–Kier alpha value is -1.86. The van der Waals surface area contributed by atoms with Gasteiger partial charge < -0.3 is 5.73 Å². The minimum atomic E-state index is -3.52. The third-order valence-corrected chi connectivity index (χ3v) is 7.05. The fraction of sp³-hybridized carbons (Fsp3) is 0.316. The predicted octanol–water partition coefficient (Wildman–Crippen LogP) is 4.34. The second-order valence-electron chi connectivity index (χ2n) is 6.55. The molecule has 1 aliphatic rings. The number of nitrogen functional groups attached to an aromatic ring is 1. The van der Waals surface area contributed by atoms with Crippen molar-refractivity contribution in [3.8, 4) is 0 Å². The van der Waals surface area contributed by atoms with Gasteiger partial charge in [0.05, 0.1) is 16.6 Å². The van der Waals surface area contributed by atoms with E-state index in [1.54, 1.807) is 36.4 Å². The van der Waals surface area contributed by atoms with E-state index >= 15 is 0 Å². The van der Waals surface area contributed by atoms with Gasteiger partial charge in [-0.3, -0.25) is 9.52 Å². The molecule has 0 amide bonds. The standard InChI is InChI=1S/C19H21BrN2O3S/c20-15-9-6-13(7-10-15)19(23)14-8-11-17(21)18(12-14)22-26(24,25)16-4-2-1-3-5-16/h6-12,16,22H,1-5,21H2. The van der Waals surface area contributed by atoms with E-state index < -0.39 is 15.3 Å². The van der Waals surface area contributed by atoms with Crippen LogP contribution in [0.25, 0.3) is 0 Å². The zero-order chi connectivity index (χ0) is 18.7. The first kappa shape index (κ1) is 18.9. The van der Waals surface area contributed by atoms with Crippen LogP contribution in [0.15, 0.2) is 46.9 Å². The first-order valence-corrected chi connectivity index (χ1v) is 10.9. The van der Waals surface area contributed by atoms with Crippen LogP contribution < -0.4 is 10.5 Å². The highest BCUT2D eigenvalue weighted by Gasteiger charge is 2.27. The summed E-state index contributed by atoms with van der Waals surface area (Å²) >= 11 is 3.34. The quantitative estimate of drug-likeness (QED) is 0.538.